The molecule has 1 fully saturated rings. The minimum Gasteiger partial charge on any atom is -0.396 e. The molecule has 0 aromatic heterocycles. The van der Waals surface area contributed by atoms with Crippen LogP contribution in [0.5, 0.6) is 0 Å². The van der Waals surface area contributed by atoms with Crippen LogP contribution in [0.25, 0.3) is 0 Å². The van der Waals surface area contributed by atoms with Gasteiger partial charge in [0.15, 0.2) is 5.82 Å². The molecule has 1 unspecified atom stereocenters. The molecule has 104 valence electrons. The smallest absolute Gasteiger partial charge is 0.257 e. The van der Waals surface area contributed by atoms with Gasteiger partial charge in [-0.1, -0.05) is 0 Å². The SMILES string of the molecule is CN1CCC(CNC(=O)c2c(F)ccc(N)c2F)C1. The number of halogens is 2. The van der Waals surface area contributed by atoms with E-state index in [9.17, 15) is 13.6 Å². The lowest BCUT2D eigenvalue weighted by Crippen LogP contribution is -2.31. The van der Waals surface area contributed by atoms with E-state index in [1.807, 2.05) is 7.05 Å². The Morgan fingerprint density at radius 1 is 1.53 bits per heavy atom. The van der Waals surface area contributed by atoms with Gasteiger partial charge in [0.1, 0.15) is 11.4 Å². The lowest BCUT2D eigenvalue weighted by molar-refractivity contribution is 0.0939. The molecular formula is C13H17F2N3O. The number of nitrogen functional groups attached to an aromatic ring is 1. The first kappa shape index (κ1) is 13.7. The first-order chi connectivity index (χ1) is 8.99. The highest BCUT2D eigenvalue weighted by molar-refractivity contribution is 5.95. The largest absolute Gasteiger partial charge is 0.396 e. The van der Waals surface area contributed by atoms with Gasteiger partial charge in [-0.05, 0) is 38.1 Å². The van der Waals surface area contributed by atoms with Crippen molar-refractivity contribution in [1.29, 1.82) is 0 Å². The van der Waals surface area contributed by atoms with Gasteiger partial charge in [-0.15, -0.1) is 0 Å². The quantitative estimate of drug-likeness (QED) is 0.811. The van der Waals surface area contributed by atoms with Gasteiger partial charge >= 0.3 is 0 Å². The summed E-state index contributed by atoms with van der Waals surface area (Å²) in [6.45, 7) is 2.26. The highest BCUT2D eigenvalue weighted by atomic mass is 19.1. The Labute approximate surface area is 110 Å². The van der Waals surface area contributed by atoms with Gasteiger partial charge in [-0.3, -0.25) is 4.79 Å². The van der Waals surface area contributed by atoms with E-state index >= 15 is 0 Å². The van der Waals surface area contributed by atoms with Crippen LogP contribution in [0.1, 0.15) is 16.8 Å². The summed E-state index contributed by atoms with van der Waals surface area (Å²) in [4.78, 5) is 14.0. The maximum atomic E-state index is 13.6. The number of nitrogens with zero attached hydrogens (tertiary/aromatic N) is 1. The maximum absolute atomic E-state index is 13.6. The van der Waals surface area contributed by atoms with E-state index in [1.54, 1.807) is 0 Å². The third-order valence-corrected chi connectivity index (χ3v) is 3.39. The molecule has 6 heteroatoms. The lowest BCUT2D eigenvalue weighted by atomic mass is 10.1. The number of anilines is 1. The van der Waals surface area contributed by atoms with Crippen LogP contribution in [0, 0.1) is 17.6 Å². The van der Waals surface area contributed by atoms with Gasteiger partial charge in [0.25, 0.3) is 5.91 Å². The van der Waals surface area contributed by atoms with E-state index in [-0.39, 0.29) is 5.69 Å². The normalized spacial score (nSPS) is 19.6. The van der Waals surface area contributed by atoms with Crippen LogP contribution in [0.15, 0.2) is 12.1 Å². The number of hydrogen-bond acceptors (Lipinski definition) is 3. The van der Waals surface area contributed by atoms with Crippen molar-refractivity contribution in [2.24, 2.45) is 5.92 Å². The summed E-state index contributed by atoms with van der Waals surface area (Å²) >= 11 is 0. The predicted octanol–water partition coefficient (Wildman–Crippen LogP) is 1.23. The highest BCUT2D eigenvalue weighted by Crippen LogP contribution is 2.19. The number of rotatable bonds is 3. The minimum atomic E-state index is -0.999. The number of carbonyl (C=O) groups excluding carboxylic acids is 1. The van der Waals surface area contributed by atoms with E-state index in [0.29, 0.717) is 12.5 Å². The first-order valence-electron chi connectivity index (χ1n) is 6.19. The van der Waals surface area contributed by atoms with Gasteiger partial charge in [-0.2, -0.15) is 0 Å². The maximum Gasteiger partial charge on any atom is 0.257 e. The van der Waals surface area contributed by atoms with Crippen molar-refractivity contribution < 1.29 is 13.6 Å². The molecule has 1 aliphatic rings. The molecule has 4 nitrogen and oxygen atoms in total. The summed E-state index contributed by atoms with van der Waals surface area (Å²) in [5.41, 5.74) is 4.50. The molecule has 1 aromatic carbocycles. The van der Waals surface area contributed by atoms with Crippen LogP contribution < -0.4 is 11.1 Å². The van der Waals surface area contributed by atoms with E-state index in [1.165, 1.54) is 0 Å². The highest BCUT2D eigenvalue weighted by Gasteiger charge is 2.23. The Hall–Kier alpha value is -1.69. The topological polar surface area (TPSA) is 58.4 Å². The molecule has 2 rings (SSSR count). The molecule has 19 heavy (non-hydrogen) atoms. The second kappa shape index (κ2) is 5.52. The molecule has 1 heterocycles. The van der Waals surface area contributed by atoms with Gasteiger partial charge in [0, 0.05) is 13.1 Å². The van der Waals surface area contributed by atoms with Gasteiger partial charge < -0.3 is 16.0 Å². The van der Waals surface area contributed by atoms with Crippen molar-refractivity contribution in [2.75, 3.05) is 32.4 Å². The molecule has 3 N–H and O–H groups in total. The molecule has 0 radical (unpaired) electrons. The summed E-state index contributed by atoms with van der Waals surface area (Å²) in [6, 6.07) is 2.10. The Morgan fingerprint density at radius 2 is 2.26 bits per heavy atom. The number of carbonyl (C=O) groups is 1. The number of benzene rings is 1. The molecule has 1 saturated heterocycles. The third-order valence-electron chi connectivity index (χ3n) is 3.39. The van der Waals surface area contributed by atoms with E-state index in [4.69, 9.17) is 5.73 Å². The molecule has 0 aliphatic carbocycles. The average molecular weight is 269 g/mol. The van der Waals surface area contributed by atoms with E-state index < -0.39 is 23.1 Å². The number of likely N-dealkylation sites (tertiary alicyclic amines) is 1. The Morgan fingerprint density at radius 3 is 2.89 bits per heavy atom. The van der Waals surface area contributed by atoms with Crippen molar-refractivity contribution in [3.63, 3.8) is 0 Å². The average Bonchev–Trinajstić information content (AvgIpc) is 2.78. The van der Waals surface area contributed by atoms with Crippen LogP contribution in [-0.2, 0) is 0 Å². The lowest BCUT2D eigenvalue weighted by Gasteiger charge is -2.12. The standard InChI is InChI=1S/C13H17F2N3O/c1-18-5-4-8(7-18)6-17-13(19)11-9(14)2-3-10(16)12(11)15/h2-3,8H,4-7,16H2,1H3,(H,17,19). The second-order valence-electron chi connectivity index (χ2n) is 4.95. The Balaban J connectivity index is 2.02. The monoisotopic (exact) mass is 269 g/mol. The summed E-state index contributed by atoms with van der Waals surface area (Å²) < 4.78 is 27.1. The third kappa shape index (κ3) is 3.01. The second-order valence-corrected chi connectivity index (χ2v) is 4.95. The Bertz CT molecular complexity index is 493. The van der Waals surface area contributed by atoms with E-state index in [2.05, 4.69) is 10.2 Å². The summed E-state index contributed by atoms with van der Waals surface area (Å²) in [6.07, 6.45) is 0.971. The zero-order valence-corrected chi connectivity index (χ0v) is 10.7. The fraction of sp³-hybridized carbons (Fsp3) is 0.462. The molecule has 1 aromatic rings. The molecular weight excluding hydrogens is 252 g/mol. The van der Waals surface area contributed by atoms with Gasteiger partial charge in [0.05, 0.1) is 5.69 Å². The van der Waals surface area contributed by atoms with Crippen molar-refractivity contribution >= 4 is 11.6 Å². The van der Waals surface area contributed by atoms with E-state index in [0.717, 1.165) is 31.6 Å². The fourth-order valence-electron chi connectivity index (χ4n) is 2.30. The van der Waals surface area contributed by atoms with Crippen LogP contribution in [-0.4, -0.2) is 37.5 Å². The summed E-state index contributed by atoms with van der Waals surface area (Å²) in [5, 5.41) is 2.57. The fourth-order valence-corrected chi connectivity index (χ4v) is 2.30. The number of hydrogen-bond donors (Lipinski definition) is 2. The zero-order valence-electron chi connectivity index (χ0n) is 10.7. The molecule has 0 spiro atoms. The number of nitrogens with two attached hydrogens (primary N) is 1. The van der Waals surface area contributed by atoms with Crippen LogP contribution in [0.2, 0.25) is 0 Å². The van der Waals surface area contributed by atoms with Crippen LogP contribution in [0.3, 0.4) is 0 Å². The van der Waals surface area contributed by atoms with Crippen molar-refractivity contribution in [3.8, 4) is 0 Å². The molecule has 1 amide bonds. The number of amides is 1. The first-order valence-corrected chi connectivity index (χ1v) is 6.19. The summed E-state index contributed by atoms with van der Waals surface area (Å²) in [7, 11) is 2.00. The number of nitrogens with one attached hydrogen (secondary N) is 1. The molecule has 0 saturated carbocycles. The molecule has 1 aliphatic heterocycles. The zero-order chi connectivity index (χ0) is 14.0. The van der Waals surface area contributed by atoms with Crippen molar-refractivity contribution in [3.05, 3.63) is 29.3 Å². The summed E-state index contributed by atoms with van der Waals surface area (Å²) in [5.74, 6) is -2.33. The van der Waals surface area contributed by atoms with Gasteiger partial charge in [0.2, 0.25) is 0 Å². The molecule has 1 atom stereocenters. The van der Waals surface area contributed by atoms with Crippen LogP contribution in [0.4, 0.5) is 14.5 Å². The van der Waals surface area contributed by atoms with Crippen molar-refractivity contribution in [2.45, 2.75) is 6.42 Å². The minimum absolute atomic E-state index is 0.229. The predicted molar refractivity (Wildman–Crippen MR) is 68.7 cm³/mol. The Kier molecular flexibility index (Phi) is 3.99. The van der Waals surface area contributed by atoms with Crippen LogP contribution >= 0.6 is 0 Å². The molecule has 0 bridgehead atoms. The van der Waals surface area contributed by atoms with Gasteiger partial charge in [-0.25, -0.2) is 8.78 Å². The van der Waals surface area contributed by atoms with Crippen molar-refractivity contribution in [1.82, 2.24) is 10.2 Å².